The van der Waals surface area contributed by atoms with Crippen LogP contribution >= 0.6 is 11.8 Å². The first-order valence-electron chi connectivity index (χ1n) is 6.29. The van der Waals surface area contributed by atoms with Crippen LogP contribution in [0, 0.1) is 0 Å². The summed E-state index contributed by atoms with van der Waals surface area (Å²) in [5.41, 5.74) is 0. The number of carbonyl (C=O) groups excluding carboxylic acids is 2. The van der Waals surface area contributed by atoms with Gasteiger partial charge in [-0.2, -0.15) is 11.8 Å². The molecule has 1 amide bonds. The van der Waals surface area contributed by atoms with E-state index in [4.69, 9.17) is 5.11 Å². The van der Waals surface area contributed by atoms with Crippen molar-refractivity contribution >= 4 is 33.7 Å². The molecule has 10 heteroatoms. The number of esters is 1. The number of hydrogen-bond acceptors (Lipinski definition) is 7. The van der Waals surface area contributed by atoms with Gasteiger partial charge in [-0.1, -0.05) is 0 Å². The van der Waals surface area contributed by atoms with Crippen molar-refractivity contribution in [3.63, 3.8) is 0 Å². The van der Waals surface area contributed by atoms with Gasteiger partial charge in [-0.25, -0.2) is 17.9 Å². The van der Waals surface area contributed by atoms with E-state index in [1.54, 1.807) is 0 Å². The van der Waals surface area contributed by atoms with Crippen molar-refractivity contribution in [1.82, 2.24) is 10.0 Å². The van der Waals surface area contributed by atoms with Gasteiger partial charge in [-0.15, -0.1) is 0 Å². The number of amides is 1. The van der Waals surface area contributed by atoms with Crippen LogP contribution in [0.4, 0.5) is 0 Å². The summed E-state index contributed by atoms with van der Waals surface area (Å²) < 4.78 is 29.9. The van der Waals surface area contributed by atoms with Gasteiger partial charge in [0.2, 0.25) is 15.9 Å². The molecule has 0 aliphatic heterocycles. The van der Waals surface area contributed by atoms with Crippen LogP contribution in [0.2, 0.25) is 0 Å². The topological polar surface area (TPSA) is 122 Å². The Balaban J connectivity index is 4.89. The van der Waals surface area contributed by atoms with Gasteiger partial charge in [0.05, 0.1) is 19.5 Å². The van der Waals surface area contributed by atoms with Crippen LogP contribution in [0.5, 0.6) is 0 Å². The Morgan fingerprint density at radius 3 is 2.38 bits per heavy atom. The zero-order valence-corrected chi connectivity index (χ0v) is 13.9. The summed E-state index contributed by atoms with van der Waals surface area (Å²) in [6.45, 7) is 0.824. The summed E-state index contributed by atoms with van der Waals surface area (Å²) in [6.07, 6.45) is 2.10. The molecule has 0 rings (SSSR count). The average molecular weight is 342 g/mol. The number of aliphatic hydroxyl groups is 1. The highest BCUT2D eigenvalue weighted by atomic mass is 32.2. The Hall–Kier alpha value is -0.840. The fourth-order valence-electron chi connectivity index (χ4n) is 1.37. The molecule has 0 aromatic heterocycles. The van der Waals surface area contributed by atoms with Crippen molar-refractivity contribution in [2.45, 2.75) is 25.4 Å². The van der Waals surface area contributed by atoms with Crippen LogP contribution in [0.25, 0.3) is 0 Å². The summed E-state index contributed by atoms with van der Waals surface area (Å²) in [6, 6.07) is -2.22. The number of methoxy groups -OCH3 is 1. The third-order valence-corrected chi connectivity index (χ3v) is 4.66. The maximum Gasteiger partial charge on any atom is 0.330 e. The molecule has 0 saturated carbocycles. The predicted octanol–water partition coefficient (Wildman–Crippen LogP) is -1.30. The lowest BCUT2D eigenvalue weighted by molar-refractivity contribution is -0.146. The van der Waals surface area contributed by atoms with Crippen LogP contribution in [0.1, 0.15) is 13.3 Å². The molecule has 0 aliphatic rings. The zero-order valence-electron chi connectivity index (χ0n) is 12.3. The van der Waals surface area contributed by atoms with E-state index in [2.05, 4.69) is 14.8 Å². The number of thioether (sulfide) groups is 1. The molecule has 0 aromatic rings. The van der Waals surface area contributed by atoms with Gasteiger partial charge < -0.3 is 15.2 Å². The molecule has 0 fully saturated rings. The van der Waals surface area contributed by atoms with Gasteiger partial charge in [0.1, 0.15) is 6.04 Å². The summed E-state index contributed by atoms with van der Waals surface area (Å²) in [5.74, 6) is -1.07. The number of rotatable bonds is 10. The minimum atomic E-state index is -3.56. The first-order chi connectivity index (χ1) is 9.81. The Kier molecular flexibility index (Phi) is 9.58. The SMILES string of the molecule is CCS(=O)(=O)NC(CCSC)C(=O)NC(CO)C(=O)OC. The van der Waals surface area contributed by atoms with E-state index < -0.39 is 40.6 Å². The Bertz CT molecular complexity index is 440. The fourth-order valence-corrected chi connectivity index (χ4v) is 2.67. The Labute approximate surface area is 129 Å². The molecule has 21 heavy (non-hydrogen) atoms. The van der Waals surface area contributed by atoms with E-state index in [9.17, 15) is 18.0 Å². The van der Waals surface area contributed by atoms with E-state index >= 15 is 0 Å². The van der Waals surface area contributed by atoms with Crippen LogP contribution in [-0.2, 0) is 24.3 Å². The van der Waals surface area contributed by atoms with Gasteiger partial charge in [0.25, 0.3) is 0 Å². The van der Waals surface area contributed by atoms with E-state index in [0.29, 0.717) is 5.75 Å². The minimum Gasteiger partial charge on any atom is -0.467 e. The molecule has 0 spiro atoms. The molecule has 124 valence electrons. The Morgan fingerprint density at radius 1 is 1.33 bits per heavy atom. The predicted molar refractivity (Wildman–Crippen MR) is 80.4 cm³/mol. The van der Waals surface area contributed by atoms with Crippen molar-refractivity contribution in [2.24, 2.45) is 0 Å². The largest absolute Gasteiger partial charge is 0.467 e. The summed E-state index contributed by atoms with van der Waals surface area (Å²) in [7, 11) is -2.43. The molecule has 0 heterocycles. The van der Waals surface area contributed by atoms with Crippen LogP contribution < -0.4 is 10.0 Å². The molecule has 0 bridgehead atoms. The molecule has 0 aliphatic carbocycles. The van der Waals surface area contributed by atoms with E-state index in [1.165, 1.54) is 18.7 Å². The smallest absolute Gasteiger partial charge is 0.330 e. The van der Waals surface area contributed by atoms with Crippen LogP contribution in [0.3, 0.4) is 0 Å². The second-order valence-corrected chi connectivity index (χ2v) is 7.15. The number of nitrogens with one attached hydrogen (secondary N) is 2. The molecule has 2 atom stereocenters. The molecule has 3 N–H and O–H groups in total. The van der Waals surface area contributed by atoms with E-state index in [0.717, 1.165) is 7.11 Å². The van der Waals surface area contributed by atoms with Crippen molar-refractivity contribution in [1.29, 1.82) is 0 Å². The van der Waals surface area contributed by atoms with Gasteiger partial charge in [-0.05, 0) is 25.4 Å². The number of aliphatic hydroxyl groups excluding tert-OH is 1. The van der Waals surface area contributed by atoms with E-state index in [1.807, 2.05) is 6.26 Å². The highest BCUT2D eigenvalue weighted by Crippen LogP contribution is 2.04. The maximum absolute atomic E-state index is 12.1. The number of carbonyl (C=O) groups is 2. The summed E-state index contributed by atoms with van der Waals surface area (Å²) >= 11 is 1.46. The molecule has 0 radical (unpaired) electrons. The third-order valence-electron chi connectivity index (χ3n) is 2.61. The Morgan fingerprint density at radius 2 is 1.95 bits per heavy atom. The van der Waals surface area contributed by atoms with Gasteiger partial charge in [0.15, 0.2) is 6.04 Å². The molecule has 0 aromatic carbocycles. The second kappa shape index (κ2) is 9.98. The number of sulfonamides is 1. The monoisotopic (exact) mass is 342 g/mol. The lowest BCUT2D eigenvalue weighted by atomic mass is 10.2. The average Bonchev–Trinajstić information content (AvgIpc) is 2.47. The molecule has 2 unspecified atom stereocenters. The summed E-state index contributed by atoms with van der Waals surface area (Å²) in [5, 5.41) is 11.3. The minimum absolute atomic E-state index is 0.156. The quantitative estimate of drug-likeness (QED) is 0.422. The molecular weight excluding hydrogens is 320 g/mol. The number of ether oxygens (including phenoxy) is 1. The maximum atomic E-state index is 12.1. The van der Waals surface area contributed by atoms with Crippen molar-refractivity contribution in [2.75, 3.05) is 31.5 Å². The second-order valence-electron chi connectivity index (χ2n) is 4.12. The highest BCUT2D eigenvalue weighted by Gasteiger charge is 2.27. The fraction of sp³-hybridized carbons (Fsp3) is 0.818. The third kappa shape index (κ3) is 7.65. The van der Waals surface area contributed by atoms with Gasteiger partial charge in [0, 0.05) is 0 Å². The van der Waals surface area contributed by atoms with Crippen molar-refractivity contribution < 1.29 is 27.9 Å². The zero-order chi connectivity index (χ0) is 16.5. The first-order valence-corrected chi connectivity index (χ1v) is 9.33. The van der Waals surface area contributed by atoms with Crippen molar-refractivity contribution in [3.05, 3.63) is 0 Å². The summed E-state index contributed by atoms with van der Waals surface area (Å²) in [4.78, 5) is 23.4. The lowest BCUT2D eigenvalue weighted by Crippen LogP contribution is -2.53. The highest BCUT2D eigenvalue weighted by molar-refractivity contribution is 7.98. The van der Waals surface area contributed by atoms with Crippen LogP contribution in [-0.4, -0.2) is 69.0 Å². The standard InChI is InChI=1S/C11H22N2O6S2/c1-4-21(17,18)13-8(5-6-20-3)10(15)12-9(7-14)11(16)19-2/h8-9,13-14H,4-7H2,1-3H3,(H,12,15). The normalized spacial score (nSPS) is 14.3. The van der Waals surface area contributed by atoms with Crippen LogP contribution in [0.15, 0.2) is 0 Å². The molecule has 0 saturated heterocycles. The number of hydrogen-bond donors (Lipinski definition) is 3. The van der Waals surface area contributed by atoms with Crippen molar-refractivity contribution in [3.8, 4) is 0 Å². The molecular formula is C11H22N2O6S2. The van der Waals surface area contributed by atoms with E-state index in [-0.39, 0.29) is 12.2 Å². The van der Waals surface area contributed by atoms with Gasteiger partial charge >= 0.3 is 5.97 Å². The first kappa shape index (κ1) is 20.2. The lowest BCUT2D eigenvalue weighted by Gasteiger charge is -2.20. The molecule has 8 nitrogen and oxygen atoms in total. The van der Waals surface area contributed by atoms with Gasteiger partial charge in [-0.3, -0.25) is 4.79 Å².